The van der Waals surface area contributed by atoms with Gasteiger partial charge in [0.15, 0.2) is 18.5 Å². The molecule has 9 heavy (non-hydrogen) atoms. The van der Waals surface area contributed by atoms with Crippen molar-refractivity contribution in [1.29, 1.82) is 0 Å². The van der Waals surface area contributed by atoms with E-state index in [0.717, 1.165) is 11.6 Å². The zero-order chi connectivity index (χ0) is 7.44. The molecule has 0 rings (SSSR count). The second kappa shape index (κ2) is 4.35. The smallest absolute Gasteiger partial charge is 0.0588 e. The van der Waals surface area contributed by atoms with E-state index < -0.39 is 0 Å². The van der Waals surface area contributed by atoms with Crippen molar-refractivity contribution in [3.8, 4) is 0 Å². The third kappa shape index (κ3) is 4.99. The van der Waals surface area contributed by atoms with Crippen LogP contribution >= 0.6 is 6.70 Å². The standard InChI is InChI=1S/C7H16PS/c1-6(2)5-8(9)7(3)4/h6-7H,5H2,1-4H3/q+1. The van der Waals surface area contributed by atoms with Gasteiger partial charge in [0.2, 0.25) is 0 Å². The first-order chi connectivity index (χ1) is 4.04. The van der Waals surface area contributed by atoms with E-state index in [4.69, 9.17) is 11.8 Å². The maximum Gasteiger partial charge on any atom is 0.177 e. The highest BCUT2D eigenvalue weighted by atomic mass is 32.4. The van der Waals surface area contributed by atoms with Crippen molar-refractivity contribution in [2.24, 2.45) is 5.92 Å². The summed E-state index contributed by atoms with van der Waals surface area (Å²) in [5.41, 5.74) is 0.734. The van der Waals surface area contributed by atoms with E-state index in [0.29, 0.717) is 0 Å². The fourth-order valence-corrected chi connectivity index (χ4v) is 2.61. The van der Waals surface area contributed by atoms with Gasteiger partial charge in [-0.3, -0.25) is 0 Å². The van der Waals surface area contributed by atoms with E-state index in [1.165, 1.54) is 6.16 Å². The van der Waals surface area contributed by atoms with E-state index >= 15 is 0 Å². The lowest BCUT2D eigenvalue weighted by Crippen LogP contribution is -1.96. The van der Waals surface area contributed by atoms with Crippen LogP contribution in [0.15, 0.2) is 0 Å². The van der Waals surface area contributed by atoms with Gasteiger partial charge < -0.3 is 0 Å². The van der Waals surface area contributed by atoms with Crippen LogP contribution in [0.5, 0.6) is 0 Å². The molecule has 0 fully saturated rings. The molecule has 0 aliphatic rings. The summed E-state index contributed by atoms with van der Waals surface area (Å²) in [7, 11) is 0. The lowest BCUT2D eigenvalue weighted by Gasteiger charge is -1.97. The molecule has 1 unspecified atom stereocenters. The molecule has 0 aliphatic carbocycles. The molecule has 0 aromatic rings. The van der Waals surface area contributed by atoms with Gasteiger partial charge in [-0.1, -0.05) is 13.8 Å². The highest BCUT2D eigenvalue weighted by Crippen LogP contribution is 2.29. The first-order valence-corrected chi connectivity index (χ1v) is 6.08. The van der Waals surface area contributed by atoms with E-state index in [-0.39, 0.29) is 6.70 Å². The van der Waals surface area contributed by atoms with Gasteiger partial charge in [0.1, 0.15) is 11.8 Å². The van der Waals surface area contributed by atoms with Crippen LogP contribution in [0, 0.1) is 5.92 Å². The molecule has 0 amide bonds. The monoisotopic (exact) mass is 163 g/mol. The lowest BCUT2D eigenvalue weighted by molar-refractivity contribution is 0.744. The fraction of sp³-hybridized carbons (Fsp3) is 1.00. The third-order valence-corrected chi connectivity index (χ3v) is 5.08. The fourth-order valence-electron chi connectivity index (χ4n) is 0.571. The summed E-state index contributed by atoms with van der Waals surface area (Å²) in [5.74, 6) is 0.788. The van der Waals surface area contributed by atoms with Crippen molar-refractivity contribution in [1.82, 2.24) is 0 Å². The van der Waals surface area contributed by atoms with Crippen LogP contribution in [0.4, 0.5) is 0 Å². The summed E-state index contributed by atoms with van der Waals surface area (Å²) in [4.78, 5) is 0. The molecule has 0 saturated carbocycles. The Balaban J connectivity index is 3.51. The molecular weight excluding hydrogens is 147 g/mol. The molecular formula is C7H16PS+. The predicted molar refractivity (Wildman–Crippen MR) is 49.1 cm³/mol. The van der Waals surface area contributed by atoms with Crippen LogP contribution < -0.4 is 0 Å². The average Bonchev–Trinajstić information content (AvgIpc) is 1.63. The van der Waals surface area contributed by atoms with Crippen LogP contribution in [0.25, 0.3) is 0 Å². The van der Waals surface area contributed by atoms with Gasteiger partial charge in [0, 0.05) is 0 Å². The Kier molecular flexibility index (Phi) is 4.61. The Morgan fingerprint density at radius 2 is 1.67 bits per heavy atom. The minimum atomic E-state index is -0.0957. The summed E-state index contributed by atoms with van der Waals surface area (Å²) in [5, 5.41) is 0. The molecule has 2 heteroatoms. The van der Waals surface area contributed by atoms with Crippen LogP contribution in [0.1, 0.15) is 27.7 Å². The number of hydrogen-bond donors (Lipinski definition) is 0. The van der Waals surface area contributed by atoms with Gasteiger partial charge in [-0.15, -0.1) is 0 Å². The molecule has 0 N–H and O–H groups in total. The van der Waals surface area contributed by atoms with Crippen LogP contribution in [0.2, 0.25) is 0 Å². The highest BCUT2D eigenvalue weighted by Gasteiger charge is 2.15. The zero-order valence-corrected chi connectivity index (χ0v) is 8.43. The molecule has 0 heterocycles. The average molecular weight is 163 g/mol. The van der Waals surface area contributed by atoms with Gasteiger partial charge >= 0.3 is 0 Å². The third-order valence-electron chi connectivity index (χ3n) is 1.12. The van der Waals surface area contributed by atoms with Crippen molar-refractivity contribution in [2.45, 2.75) is 33.4 Å². The molecule has 0 aromatic heterocycles. The van der Waals surface area contributed by atoms with Gasteiger partial charge in [0.25, 0.3) is 0 Å². The Bertz CT molecular complexity index is 97.1. The Morgan fingerprint density at radius 1 is 1.22 bits per heavy atom. The first kappa shape index (κ1) is 9.52. The molecule has 0 bridgehead atoms. The predicted octanol–water partition coefficient (Wildman–Crippen LogP) is 2.99. The normalized spacial score (nSPS) is 12.9. The van der Waals surface area contributed by atoms with Crippen molar-refractivity contribution in [3.63, 3.8) is 0 Å². The second-order valence-corrected chi connectivity index (χ2v) is 6.73. The molecule has 1 atom stereocenters. The van der Waals surface area contributed by atoms with Crippen LogP contribution in [0.3, 0.4) is 0 Å². The Morgan fingerprint density at radius 3 is 1.78 bits per heavy atom. The molecule has 0 radical (unpaired) electrons. The maximum atomic E-state index is 5.30. The maximum absolute atomic E-state index is 5.30. The van der Waals surface area contributed by atoms with Gasteiger partial charge in [-0.05, 0) is 19.8 Å². The SMILES string of the molecule is CC(C)C[P+](=S)C(C)C. The zero-order valence-electron chi connectivity index (χ0n) is 6.72. The first-order valence-electron chi connectivity index (χ1n) is 3.47. The minimum Gasteiger partial charge on any atom is -0.0588 e. The highest BCUT2D eigenvalue weighted by molar-refractivity contribution is 8.05. The van der Waals surface area contributed by atoms with Crippen LogP contribution in [-0.2, 0) is 11.8 Å². The molecule has 54 valence electrons. The van der Waals surface area contributed by atoms with Gasteiger partial charge in [-0.2, -0.15) is 0 Å². The molecule has 0 aromatic carbocycles. The topological polar surface area (TPSA) is 0 Å². The summed E-state index contributed by atoms with van der Waals surface area (Å²) in [6, 6.07) is 0. The second-order valence-electron chi connectivity index (χ2n) is 3.09. The van der Waals surface area contributed by atoms with E-state index in [2.05, 4.69) is 27.7 Å². The molecule has 0 aliphatic heterocycles. The number of rotatable bonds is 3. The van der Waals surface area contributed by atoms with E-state index in [1.54, 1.807) is 0 Å². The quantitative estimate of drug-likeness (QED) is 0.576. The molecule has 0 nitrogen and oxygen atoms in total. The van der Waals surface area contributed by atoms with Crippen molar-refractivity contribution in [3.05, 3.63) is 0 Å². The van der Waals surface area contributed by atoms with Gasteiger partial charge in [-0.25, -0.2) is 0 Å². The lowest BCUT2D eigenvalue weighted by atomic mass is 10.3. The van der Waals surface area contributed by atoms with Gasteiger partial charge in [0.05, 0.1) is 0 Å². The van der Waals surface area contributed by atoms with E-state index in [9.17, 15) is 0 Å². The summed E-state index contributed by atoms with van der Waals surface area (Å²) >= 11 is 5.30. The minimum absolute atomic E-state index is 0.0957. The summed E-state index contributed by atoms with van der Waals surface area (Å²) in [6.45, 7) is 8.83. The molecule has 0 spiro atoms. The summed E-state index contributed by atoms with van der Waals surface area (Å²) in [6.07, 6.45) is 1.25. The number of hydrogen-bond acceptors (Lipinski definition) is 1. The van der Waals surface area contributed by atoms with Crippen molar-refractivity contribution >= 4 is 18.5 Å². The molecule has 0 saturated heterocycles. The largest absolute Gasteiger partial charge is 0.177 e. The Labute approximate surface area is 64.5 Å². The van der Waals surface area contributed by atoms with E-state index in [1.807, 2.05) is 0 Å². The Hall–Kier alpha value is 0.520. The van der Waals surface area contributed by atoms with Crippen LogP contribution in [-0.4, -0.2) is 11.8 Å². The van der Waals surface area contributed by atoms with Crippen molar-refractivity contribution in [2.75, 3.05) is 6.16 Å². The summed E-state index contributed by atoms with van der Waals surface area (Å²) < 4.78 is 0. The van der Waals surface area contributed by atoms with Crippen molar-refractivity contribution < 1.29 is 0 Å².